The molecule has 1 saturated heterocycles. The molecule has 1 rings (SSSR count). The molecule has 1 unspecified atom stereocenters. The summed E-state index contributed by atoms with van der Waals surface area (Å²) in [5.74, 6) is -0.180. The minimum Gasteiger partial charge on any atom is -0.314 e. The van der Waals surface area contributed by atoms with E-state index < -0.39 is 25.9 Å². The topological polar surface area (TPSA) is 95.6 Å². The van der Waals surface area contributed by atoms with Crippen LogP contribution < -0.4 is 10.0 Å². The first-order valence-electron chi connectivity index (χ1n) is 6.29. The van der Waals surface area contributed by atoms with E-state index in [1.807, 2.05) is 0 Å². The maximum absolute atomic E-state index is 11.8. The van der Waals surface area contributed by atoms with Crippen LogP contribution >= 0.6 is 0 Å². The summed E-state index contributed by atoms with van der Waals surface area (Å²) in [4.78, 5) is 2.08. The van der Waals surface area contributed by atoms with Crippen molar-refractivity contribution >= 4 is 19.9 Å². The number of hydrogen-bond acceptors (Lipinski definition) is 6. The molecule has 1 aliphatic heterocycles. The van der Waals surface area contributed by atoms with Crippen LogP contribution in [0.5, 0.6) is 0 Å². The molecule has 0 spiro atoms. The average molecular weight is 313 g/mol. The highest BCUT2D eigenvalue weighted by atomic mass is 32.2. The summed E-state index contributed by atoms with van der Waals surface area (Å²) in [6, 6.07) is -0.594. The van der Waals surface area contributed by atoms with Crippen LogP contribution in [-0.2, 0) is 19.9 Å². The van der Waals surface area contributed by atoms with Gasteiger partial charge in [-0.2, -0.15) is 0 Å². The largest absolute Gasteiger partial charge is 0.314 e. The Morgan fingerprint density at radius 3 is 2.32 bits per heavy atom. The maximum Gasteiger partial charge on any atom is 0.213 e. The van der Waals surface area contributed by atoms with E-state index in [1.54, 1.807) is 6.92 Å². The monoisotopic (exact) mass is 313 g/mol. The molecule has 114 valence electrons. The molecule has 0 aromatic heterocycles. The van der Waals surface area contributed by atoms with Crippen molar-refractivity contribution in [3.05, 3.63) is 0 Å². The standard InChI is InChI=1S/C10H23N3O4S2/c1-10(9-18(2,14)15)12-19(16,17)8-7-13-5-3-11-4-6-13/h10-12H,3-9H2,1-2H3. The van der Waals surface area contributed by atoms with Gasteiger partial charge in [0, 0.05) is 45.0 Å². The fourth-order valence-corrected chi connectivity index (χ4v) is 4.45. The highest BCUT2D eigenvalue weighted by Crippen LogP contribution is 1.97. The van der Waals surface area contributed by atoms with Gasteiger partial charge in [0.05, 0.1) is 11.5 Å². The van der Waals surface area contributed by atoms with E-state index in [-0.39, 0.29) is 11.5 Å². The van der Waals surface area contributed by atoms with Gasteiger partial charge in [-0.25, -0.2) is 21.6 Å². The molecule has 0 saturated carbocycles. The van der Waals surface area contributed by atoms with Crippen molar-refractivity contribution in [1.29, 1.82) is 0 Å². The zero-order valence-electron chi connectivity index (χ0n) is 11.4. The Balaban J connectivity index is 2.38. The van der Waals surface area contributed by atoms with Crippen LogP contribution in [0.3, 0.4) is 0 Å². The average Bonchev–Trinajstić information content (AvgIpc) is 2.24. The molecular weight excluding hydrogens is 290 g/mol. The quantitative estimate of drug-likeness (QED) is 0.578. The first-order chi connectivity index (χ1) is 8.68. The third-order valence-electron chi connectivity index (χ3n) is 2.82. The Bertz CT molecular complexity index is 469. The van der Waals surface area contributed by atoms with Gasteiger partial charge >= 0.3 is 0 Å². The molecule has 1 aliphatic rings. The van der Waals surface area contributed by atoms with Gasteiger partial charge in [-0.1, -0.05) is 0 Å². The minimum atomic E-state index is -3.43. The van der Waals surface area contributed by atoms with Crippen molar-refractivity contribution < 1.29 is 16.8 Å². The van der Waals surface area contributed by atoms with Crippen LogP contribution in [0.2, 0.25) is 0 Å². The second-order valence-electron chi connectivity index (χ2n) is 5.02. The van der Waals surface area contributed by atoms with Crippen LogP contribution in [-0.4, -0.2) is 78.3 Å². The Morgan fingerprint density at radius 2 is 1.79 bits per heavy atom. The van der Waals surface area contributed by atoms with Crippen molar-refractivity contribution in [3.8, 4) is 0 Å². The summed E-state index contributed by atoms with van der Waals surface area (Å²) in [6.45, 7) is 5.46. The molecule has 0 amide bonds. The lowest BCUT2D eigenvalue weighted by Gasteiger charge is -2.27. The maximum atomic E-state index is 11.8. The van der Waals surface area contributed by atoms with Gasteiger partial charge in [-0.15, -0.1) is 0 Å². The number of nitrogens with one attached hydrogen (secondary N) is 2. The molecule has 0 aliphatic carbocycles. The van der Waals surface area contributed by atoms with Gasteiger partial charge in [0.2, 0.25) is 10.0 Å². The molecule has 1 fully saturated rings. The van der Waals surface area contributed by atoms with Gasteiger partial charge in [0.25, 0.3) is 0 Å². The van der Waals surface area contributed by atoms with Gasteiger partial charge in [-0.3, -0.25) is 4.90 Å². The first-order valence-corrected chi connectivity index (χ1v) is 10.00. The molecule has 7 nitrogen and oxygen atoms in total. The number of sulfone groups is 1. The van der Waals surface area contributed by atoms with Crippen LogP contribution in [0.15, 0.2) is 0 Å². The number of sulfonamides is 1. The van der Waals surface area contributed by atoms with Crippen molar-refractivity contribution in [2.45, 2.75) is 13.0 Å². The van der Waals surface area contributed by atoms with Crippen molar-refractivity contribution in [2.75, 3.05) is 50.5 Å². The van der Waals surface area contributed by atoms with Crippen molar-refractivity contribution in [3.63, 3.8) is 0 Å². The van der Waals surface area contributed by atoms with E-state index in [1.165, 1.54) is 0 Å². The molecule has 0 aromatic carbocycles. The molecule has 0 aromatic rings. The summed E-state index contributed by atoms with van der Waals surface area (Å²) in [7, 11) is -6.61. The third kappa shape index (κ3) is 7.83. The fourth-order valence-electron chi connectivity index (χ4n) is 2.04. The van der Waals surface area contributed by atoms with Crippen LogP contribution in [0, 0.1) is 0 Å². The second kappa shape index (κ2) is 6.98. The van der Waals surface area contributed by atoms with E-state index in [0.29, 0.717) is 6.54 Å². The van der Waals surface area contributed by atoms with E-state index in [4.69, 9.17) is 0 Å². The molecule has 2 N–H and O–H groups in total. The highest BCUT2D eigenvalue weighted by molar-refractivity contribution is 7.91. The highest BCUT2D eigenvalue weighted by Gasteiger charge is 2.19. The van der Waals surface area contributed by atoms with Gasteiger partial charge in [0.15, 0.2) is 0 Å². The number of rotatable bonds is 7. The van der Waals surface area contributed by atoms with Crippen molar-refractivity contribution in [1.82, 2.24) is 14.9 Å². The zero-order valence-corrected chi connectivity index (χ0v) is 13.1. The summed E-state index contributed by atoms with van der Waals surface area (Å²) in [6.07, 6.45) is 1.10. The van der Waals surface area contributed by atoms with Gasteiger partial charge < -0.3 is 5.32 Å². The minimum absolute atomic E-state index is 0.00109. The number of hydrogen-bond donors (Lipinski definition) is 2. The Hall–Kier alpha value is -0.220. The normalized spacial score (nSPS) is 20.3. The van der Waals surface area contributed by atoms with E-state index in [0.717, 1.165) is 32.4 Å². The molecule has 19 heavy (non-hydrogen) atoms. The number of nitrogens with zero attached hydrogens (tertiary/aromatic N) is 1. The predicted octanol–water partition coefficient (Wildman–Crippen LogP) is -1.76. The Morgan fingerprint density at radius 1 is 1.21 bits per heavy atom. The summed E-state index contributed by atoms with van der Waals surface area (Å²) in [5, 5.41) is 3.20. The SMILES string of the molecule is CC(CS(C)(=O)=O)NS(=O)(=O)CCN1CCNCC1. The van der Waals surface area contributed by atoms with Gasteiger partial charge in [0.1, 0.15) is 9.84 Å². The smallest absolute Gasteiger partial charge is 0.213 e. The first kappa shape index (κ1) is 16.8. The number of piperazine rings is 1. The summed E-state index contributed by atoms with van der Waals surface area (Å²) in [5.41, 5.74) is 0. The lowest BCUT2D eigenvalue weighted by atomic mass is 10.4. The predicted molar refractivity (Wildman–Crippen MR) is 75.4 cm³/mol. The Labute approximate surface area is 115 Å². The lowest BCUT2D eigenvalue weighted by molar-refractivity contribution is 0.253. The van der Waals surface area contributed by atoms with Crippen LogP contribution in [0.1, 0.15) is 6.92 Å². The molecule has 0 radical (unpaired) electrons. The van der Waals surface area contributed by atoms with Crippen LogP contribution in [0.25, 0.3) is 0 Å². The third-order valence-corrected chi connectivity index (χ3v) is 5.41. The zero-order chi connectivity index (χ0) is 14.5. The molecular formula is C10H23N3O4S2. The lowest BCUT2D eigenvalue weighted by Crippen LogP contribution is -2.47. The van der Waals surface area contributed by atoms with Gasteiger partial charge in [-0.05, 0) is 6.92 Å². The fraction of sp³-hybridized carbons (Fsp3) is 1.00. The van der Waals surface area contributed by atoms with E-state index >= 15 is 0 Å². The summed E-state index contributed by atoms with van der Waals surface area (Å²) >= 11 is 0. The van der Waals surface area contributed by atoms with Crippen LogP contribution in [0.4, 0.5) is 0 Å². The Kier molecular flexibility index (Phi) is 6.18. The van der Waals surface area contributed by atoms with E-state index in [2.05, 4.69) is 14.9 Å². The molecule has 1 heterocycles. The second-order valence-corrected chi connectivity index (χ2v) is 9.08. The summed E-state index contributed by atoms with van der Waals surface area (Å²) < 4.78 is 48.2. The van der Waals surface area contributed by atoms with Crippen molar-refractivity contribution in [2.24, 2.45) is 0 Å². The van der Waals surface area contributed by atoms with E-state index in [9.17, 15) is 16.8 Å². The molecule has 9 heteroatoms. The molecule has 1 atom stereocenters. The molecule has 0 bridgehead atoms.